The van der Waals surface area contributed by atoms with Crippen LogP contribution >= 0.6 is 0 Å². The number of hydrogen-bond donors (Lipinski definition) is 0. The zero-order chi connectivity index (χ0) is 9.94. The SMILES string of the molecule is C\C=C/C=N\C=C(C)\C=C/CCC. The molecule has 0 fully saturated rings. The quantitative estimate of drug-likeness (QED) is 0.446. The van der Waals surface area contributed by atoms with E-state index in [1.807, 2.05) is 25.3 Å². The normalized spacial score (nSPS) is 13.9. The number of allylic oxidation sites excluding steroid dienone is 5. The van der Waals surface area contributed by atoms with Gasteiger partial charge in [0, 0.05) is 12.4 Å². The van der Waals surface area contributed by atoms with E-state index >= 15 is 0 Å². The number of nitrogens with zero attached hydrogens (tertiary/aromatic N) is 1. The van der Waals surface area contributed by atoms with Crippen molar-refractivity contribution in [1.29, 1.82) is 0 Å². The Morgan fingerprint density at radius 2 is 2.15 bits per heavy atom. The van der Waals surface area contributed by atoms with Gasteiger partial charge in [-0.1, -0.05) is 31.6 Å². The van der Waals surface area contributed by atoms with Crippen LogP contribution < -0.4 is 0 Å². The molecule has 0 rings (SSSR count). The Morgan fingerprint density at radius 1 is 1.38 bits per heavy atom. The fourth-order valence-electron chi connectivity index (χ4n) is 0.775. The molecule has 0 saturated carbocycles. The van der Waals surface area contributed by atoms with Crippen LogP contribution in [0.2, 0.25) is 0 Å². The van der Waals surface area contributed by atoms with E-state index in [1.165, 1.54) is 12.0 Å². The monoisotopic (exact) mass is 177 g/mol. The highest BCUT2D eigenvalue weighted by molar-refractivity contribution is 5.71. The summed E-state index contributed by atoms with van der Waals surface area (Å²) in [6, 6.07) is 0. The fraction of sp³-hybridized carbons (Fsp3) is 0.417. The Kier molecular flexibility index (Phi) is 8.21. The van der Waals surface area contributed by atoms with Crippen LogP contribution in [0.4, 0.5) is 0 Å². The maximum absolute atomic E-state index is 4.11. The first-order valence-corrected chi connectivity index (χ1v) is 4.79. The lowest BCUT2D eigenvalue weighted by atomic mass is 10.2. The Labute approximate surface area is 81.6 Å². The predicted octanol–water partition coefficient (Wildman–Crippen LogP) is 3.89. The van der Waals surface area contributed by atoms with Crippen LogP contribution in [0, 0.1) is 0 Å². The third-order valence-electron chi connectivity index (χ3n) is 1.48. The van der Waals surface area contributed by atoms with Crippen LogP contribution in [0.5, 0.6) is 0 Å². The maximum atomic E-state index is 4.11. The van der Waals surface area contributed by atoms with Gasteiger partial charge in [-0.25, -0.2) is 0 Å². The van der Waals surface area contributed by atoms with E-state index in [0.29, 0.717) is 0 Å². The lowest BCUT2D eigenvalue weighted by Gasteiger charge is -1.87. The first-order chi connectivity index (χ1) is 6.31. The maximum Gasteiger partial charge on any atom is 0.0296 e. The summed E-state index contributed by atoms with van der Waals surface area (Å²) in [6.07, 6.45) is 14.2. The zero-order valence-electron chi connectivity index (χ0n) is 8.83. The second kappa shape index (κ2) is 8.98. The van der Waals surface area contributed by atoms with E-state index in [0.717, 1.165) is 6.42 Å². The highest BCUT2D eigenvalue weighted by atomic mass is 14.7. The van der Waals surface area contributed by atoms with Gasteiger partial charge in [-0.3, -0.25) is 4.99 Å². The zero-order valence-corrected chi connectivity index (χ0v) is 8.83. The molecule has 0 aromatic heterocycles. The van der Waals surface area contributed by atoms with E-state index in [2.05, 4.69) is 31.0 Å². The molecule has 0 aliphatic carbocycles. The highest BCUT2D eigenvalue weighted by Crippen LogP contribution is 1.97. The van der Waals surface area contributed by atoms with Crippen molar-refractivity contribution in [2.24, 2.45) is 4.99 Å². The summed E-state index contributed by atoms with van der Waals surface area (Å²) < 4.78 is 0. The first-order valence-electron chi connectivity index (χ1n) is 4.79. The number of aliphatic imine (C=N–C) groups is 1. The first kappa shape index (κ1) is 11.9. The van der Waals surface area contributed by atoms with E-state index in [9.17, 15) is 0 Å². The Balaban J connectivity index is 3.87. The third-order valence-corrected chi connectivity index (χ3v) is 1.48. The van der Waals surface area contributed by atoms with Gasteiger partial charge in [0.25, 0.3) is 0 Å². The van der Waals surface area contributed by atoms with Crippen LogP contribution in [0.25, 0.3) is 0 Å². The minimum atomic E-state index is 1.14. The molecule has 0 radical (unpaired) electrons. The van der Waals surface area contributed by atoms with Gasteiger partial charge in [0.15, 0.2) is 0 Å². The van der Waals surface area contributed by atoms with Crippen molar-refractivity contribution >= 4 is 6.21 Å². The standard InChI is InChI=1S/C12H19N/c1-4-6-8-9-12(3)11-13-10-7-5-2/h5,7-11H,4,6H2,1-3H3/b7-5-,9-8-,12-11+,13-10-. The second-order valence-corrected chi connectivity index (χ2v) is 2.89. The summed E-state index contributed by atoms with van der Waals surface area (Å²) in [5.74, 6) is 0. The summed E-state index contributed by atoms with van der Waals surface area (Å²) in [7, 11) is 0. The molecule has 0 unspecified atom stereocenters. The average Bonchev–Trinajstić information content (AvgIpc) is 2.13. The van der Waals surface area contributed by atoms with Crippen molar-refractivity contribution in [3.05, 3.63) is 36.1 Å². The molecule has 1 nitrogen and oxygen atoms in total. The van der Waals surface area contributed by atoms with Crippen LogP contribution in [0.15, 0.2) is 41.1 Å². The molecule has 0 aliphatic heterocycles. The van der Waals surface area contributed by atoms with Crippen LogP contribution in [0.3, 0.4) is 0 Å². The number of hydrogen-bond acceptors (Lipinski definition) is 1. The number of unbranched alkanes of at least 4 members (excludes halogenated alkanes) is 1. The van der Waals surface area contributed by atoms with Crippen molar-refractivity contribution in [1.82, 2.24) is 0 Å². The lowest BCUT2D eigenvalue weighted by Crippen LogP contribution is -1.68. The molecule has 0 atom stereocenters. The second-order valence-electron chi connectivity index (χ2n) is 2.89. The van der Waals surface area contributed by atoms with Crippen molar-refractivity contribution in [2.75, 3.05) is 0 Å². The van der Waals surface area contributed by atoms with Gasteiger partial charge in [-0.05, 0) is 31.9 Å². The predicted molar refractivity (Wildman–Crippen MR) is 61.1 cm³/mol. The highest BCUT2D eigenvalue weighted by Gasteiger charge is 1.78. The Bertz CT molecular complexity index is 219. The lowest BCUT2D eigenvalue weighted by molar-refractivity contribution is 0.957. The summed E-state index contributed by atoms with van der Waals surface area (Å²) in [5, 5.41) is 0. The van der Waals surface area contributed by atoms with Crippen molar-refractivity contribution < 1.29 is 0 Å². The molecule has 0 aromatic carbocycles. The van der Waals surface area contributed by atoms with Crippen LogP contribution in [0.1, 0.15) is 33.6 Å². The Hall–Kier alpha value is -1.11. The Morgan fingerprint density at radius 3 is 2.77 bits per heavy atom. The van der Waals surface area contributed by atoms with Crippen molar-refractivity contribution in [3.63, 3.8) is 0 Å². The van der Waals surface area contributed by atoms with Crippen molar-refractivity contribution in [2.45, 2.75) is 33.6 Å². The molecule has 13 heavy (non-hydrogen) atoms. The molecule has 0 bridgehead atoms. The molecular formula is C12H19N. The smallest absolute Gasteiger partial charge is 0.0296 e. The van der Waals surface area contributed by atoms with Crippen LogP contribution in [-0.4, -0.2) is 6.21 Å². The molecule has 0 saturated heterocycles. The molecule has 0 N–H and O–H groups in total. The molecule has 72 valence electrons. The molecular weight excluding hydrogens is 158 g/mol. The molecule has 0 aliphatic rings. The average molecular weight is 177 g/mol. The summed E-state index contributed by atoms with van der Waals surface area (Å²) in [5.41, 5.74) is 1.19. The summed E-state index contributed by atoms with van der Waals surface area (Å²) in [6.45, 7) is 6.20. The largest absolute Gasteiger partial charge is 0.264 e. The van der Waals surface area contributed by atoms with E-state index < -0.39 is 0 Å². The summed E-state index contributed by atoms with van der Waals surface area (Å²) >= 11 is 0. The van der Waals surface area contributed by atoms with Gasteiger partial charge >= 0.3 is 0 Å². The van der Waals surface area contributed by atoms with E-state index in [-0.39, 0.29) is 0 Å². The van der Waals surface area contributed by atoms with Gasteiger partial charge in [0.05, 0.1) is 0 Å². The molecule has 0 spiro atoms. The minimum absolute atomic E-state index is 1.14. The van der Waals surface area contributed by atoms with E-state index in [1.54, 1.807) is 6.21 Å². The fourth-order valence-corrected chi connectivity index (χ4v) is 0.775. The van der Waals surface area contributed by atoms with Gasteiger partial charge in [-0.2, -0.15) is 0 Å². The number of rotatable bonds is 5. The van der Waals surface area contributed by atoms with Gasteiger partial charge in [0.1, 0.15) is 0 Å². The summed E-state index contributed by atoms with van der Waals surface area (Å²) in [4.78, 5) is 4.11. The van der Waals surface area contributed by atoms with Gasteiger partial charge in [-0.15, -0.1) is 0 Å². The molecule has 0 aromatic rings. The molecule has 0 heterocycles. The van der Waals surface area contributed by atoms with E-state index in [4.69, 9.17) is 0 Å². The molecule has 1 heteroatoms. The van der Waals surface area contributed by atoms with Crippen LogP contribution in [-0.2, 0) is 0 Å². The van der Waals surface area contributed by atoms with Crippen molar-refractivity contribution in [3.8, 4) is 0 Å². The van der Waals surface area contributed by atoms with Gasteiger partial charge < -0.3 is 0 Å². The third kappa shape index (κ3) is 8.80. The minimum Gasteiger partial charge on any atom is -0.264 e. The molecule has 0 amide bonds. The topological polar surface area (TPSA) is 12.4 Å². The van der Waals surface area contributed by atoms with Gasteiger partial charge in [0.2, 0.25) is 0 Å².